The van der Waals surface area contributed by atoms with Gasteiger partial charge in [0.15, 0.2) is 6.29 Å². The smallest absolute Gasteiger partial charge is 0.416 e. The number of benzene rings is 2. The second-order valence-corrected chi connectivity index (χ2v) is 11.8. The van der Waals surface area contributed by atoms with Crippen LogP contribution in [0.3, 0.4) is 0 Å². The Morgan fingerprint density at radius 3 is 1.93 bits per heavy atom. The van der Waals surface area contributed by atoms with Gasteiger partial charge in [0.25, 0.3) is 0 Å². The van der Waals surface area contributed by atoms with E-state index in [0.717, 1.165) is 68.7 Å². The molecule has 1 saturated heterocycles. The van der Waals surface area contributed by atoms with E-state index in [9.17, 15) is 22.0 Å². The molecule has 1 aliphatic heterocycles. The topological polar surface area (TPSA) is 27.7 Å². The fourth-order valence-corrected chi connectivity index (χ4v) is 6.43. The molecular weight excluding hydrogens is 534 g/mol. The minimum absolute atomic E-state index is 0.133. The van der Waals surface area contributed by atoms with Crippen molar-refractivity contribution >= 4 is 0 Å². The minimum atomic E-state index is -4.55. The lowest BCUT2D eigenvalue weighted by Gasteiger charge is -2.37. The van der Waals surface area contributed by atoms with E-state index in [4.69, 9.17) is 14.2 Å². The maximum atomic E-state index is 15.2. The molecule has 2 aromatic carbocycles. The third-order valence-electron chi connectivity index (χ3n) is 8.82. The van der Waals surface area contributed by atoms with Gasteiger partial charge in [-0.15, -0.1) is 0 Å². The Labute approximate surface area is 231 Å². The SMILES string of the molecule is CC1COC(C2CCC(c3ccc(C4CCC(C(F)(F)Oc5ccc(C(F)(F)F)cc5)CC4)c(F)c3)CC2)OC1. The normalized spacial score (nSPS) is 30.2. The van der Waals surface area contributed by atoms with Crippen molar-refractivity contribution in [3.8, 4) is 5.75 Å². The Hall–Kier alpha value is -2.26. The maximum Gasteiger partial charge on any atom is 0.416 e. The summed E-state index contributed by atoms with van der Waals surface area (Å²) in [4.78, 5) is 0. The van der Waals surface area contributed by atoms with E-state index in [1.54, 1.807) is 6.07 Å². The van der Waals surface area contributed by atoms with E-state index in [0.29, 0.717) is 30.2 Å². The average Bonchev–Trinajstić information content (AvgIpc) is 2.93. The molecule has 9 heteroatoms. The third-order valence-corrected chi connectivity index (χ3v) is 8.82. The van der Waals surface area contributed by atoms with Crippen molar-refractivity contribution in [3.05, 3.63) is 65.0 Å². The summed E-state index contributed by atoms with van der Waals surface area (Å²) in [5, 5.41) is 0. The van der Waals surface area contributed by atoms with E-state index in [1.165, 1.54) is 0 Å². The Bertz CT molecular complexity index is 1110. The molecule has 0 radical (unpaired) electrons. The summed E-state index contributed by atoms with van der Waals surface area (Å²) in [6.45, 7) is 3.56. The average molecular weight is 571 g/mol. The number of halogens is 6. The Kier molecular flexibility index (Phi) is 8.72. The molecule has 2 aliphatic carbocycles. The largest absolute Gasteiger partial charge is 0.432 e. The zero-order valence-electron chi connectivity index (χ0n) is 22.6. The van der Waals surface area contributed by atoms with Crippen LogP contribution in [-0.2, 0) is 15.7 Å². The minimum Gasteiger partial charge on any atom is -0.432 e. The van der Waals surface area contributed by atoms with Crippen molar-refractivity contribution in [2.45, 2.75) is 88.7 Å². The first kappa shape index (κ1) is 29.2. The van der Waals surface area contributed by atoms with Crippen LogP contribution in [0.5, 0.6) is 5.75 Å². The molecule has 220 valence electrons. The van der Waals surface area contributed by atoms with Gasteiger partial charge in [-0.25, -0.2) is 4.39 Å². The maximum absolute atomic E-state index is 15.2. The Morgan fingerprint density at radius 1 is 0.750 bits per heavy atom. The molecule has 40 heavy (non-hydrogen) atoms. The second-order valence-electron chi connectivity index (χ2n) is 11.8. The van der Waals surface area contributed by atoms with E-state index in [2.05, 4.69) is 6.92 Å². The van der Waals surface area contributed by atoms with Crippen molar-refractivity contribution < 1.29 is 40.6 Å². The predicted octanol–water partition coefficient (Wildman–Crippen LogP) is 9.07. The van der Waals surface area contributed by atoms with Crippen LogP contribution < -0.4 is 4.74 Å². The molecule has 0 spiro atoms. The van der Waals surface area contributed by atoms with Crippen LogP contribution in [0.2, 0.25) is 0 Å². The van der Waals surface area contributed by atoms with Gasteiger partial charge in [-0.3, -0.25) is 0 Å². The molecule has 0 amide bonds. The van der Waals surface area contributed by atoms with Crippen molar-refractivity contribution in [3.63, 3.8) is 0 Å². The lowest BCUT2D eigenvalue weighted by molar-refractivity contribution is -0.226. The molecule has 2 aromatic rings. The highest BCUT2D eigenvalue weighted by molar-refractivity contribution is 5.31. The number of alkyl halides is 5. The van der Waals surface area contributed by atoms with Crippen molar-refractivity contribution in [2.24, 2.45) is 17.8 Å². The van der Waals surface area contributed by atoms with Crippen LogP contribution >= 0.6 is 0 Å². The van der Waals surface area contributed by atoms with Crippen LogP contribution in [0.15, 0.2) is 42.5 Å². The van der Waals surface area contributed by atoms with Crippen LogP contribution in [0, 0.1) is 23.6 Å². The van der Waals surface area contributed by atoms with Gasteiger partial charge in [-0.05, 0) is 105 Å². The molecule has 0 aromatic heterocycles. The highest BCUT2D eigenvalue weighted by atomic mass is 19.4. The van der Waals surface area contributed by atoms with Crippen LogP contribution in [0.1, 0.15) is 86.8 Å². The number of ether oxygens (including phenoxy) is 3. The molecule has 1 heterocycles. The molecule has 0 bridgehead atoms. The molecule has 0 N–H and O–H groups in total. The van der Waals surface area contributed by atoms with E-state index in [-0.39, 0.29) is 42.5 Å². The van der Waals surface area contributed by atoms with Gasteiger partial charge in [-0.2, -0.15) is 22.0 Å². The number of hydrogen-bond acceptors (Lipinski definition) is 3. The predicted molar refractivity (Wildman–Crippen MR) is 138 cm³/mol. The zero-order chi connectivity index (χ0) is 28.5. The van der Waals surface area contributed by atoms with Gasteiger partial charge < -0.3 is 14.2 Å². The molecule has 2 saturated carbocycles. The summed E-state index contributed by atoms with van der Waals surface area (Å²) < 4.78 is 99.7. The van der Waals surface area contributed by atoms with Gasteiger partial charge >= 0.3 is 12.3 Å². The van der Waals surface area contributed by atoms with Crippen molar-refractivity contribution in [1.29, 1.82) is 0 Å². The standard InChI is InChI=1S/C31H36F6O3/c1-19-17-38-29(39-18-19)22-4-2-20(3-5-22)23-8-15-27(28(32)16-23)21-6-9-25(10-7-21)31(36,37)40-26-13-11-24(12-14-26)30(33,34)35/h8,11-16,19-22,25,29H,2-7,9-10,17-18H2,1H3. The van der Waals surface area contributed by atoms with Crippen LogP contribution in [0.25, 0.3) is 0 Å². The Morgan fingerprint density at radius 2 is 1.35 bits per heavy atom. The summed E-state index contributed by atoms with van der Waals surface area (Å²) in [5.41, 5.74) is 0.604. The van der Waals surface area contributed by atoms with Crippen LogP contribution in [-0.4, -0.2) is 25.6 Å². The fourth-order valence-electron chi connectivity index (χ4n) is 6.43. The first-order valence-corrected chi connectivity index (χ1v) is 14.3. The molecule has 0 unspecified atom stereocenters. The first-order valence-electron chi connectivity index (χ1n) is 14.3. The number of hydrogen-bond donors (Lipinski definition) is 0. The quantitative estimate of drug-likeness (QED) is 0.324. The molecule has 3 aliphatic rings. The summed E-state index contributed by atoms with van der Waals surface area (Å²) in [5.74, 6) is -0.798. The van der Waals surface area contributed by atoms with Gasteiger partial charge in [-0.1, -0.05) is 19.1 Å². The van der Waals surface area contributed by atoms with Gasteiger partial charge in [0.2, 0.25) is 0 Å². The van der Waals surface area contributed by atoms with Gasteiger partial charge in [0, 0.05) is 11.8 Å². The van der Waals surface area contributed by atoms with Gasteiger partial charge in [0.05, 0.1) is 24.7 Å². The van der Waals surface area contributed by atoms with Gasteiger partial charge in [0.1, 0.15) is 11.6 Å². The molecule has 3 fully saturated rings. The van der Waals surface area contributed by atoms with Crippen molar-refractivity contribution in [1.82, 2.24) is 0 Å². The van der Waals surface area contributed by atoms with E-state index < -0.39 is 23.8 Å². The first-order chi connectivity index (χ1) is 19.0. The highest BCUT2D eigenvalue weighted by Gasteiger charge is 2.44. The van der Waals surface area contributed by atoms with Crippen molar-refractivity contribution in [2.75, 3.05) is 13.2 Å². The third kappa shape index (κ3) is 6.78. The Balaban J connectivity index is 1.13. The fraction of sp³-hybridized carbons (Fsp3) is 0.613. The lowest BCUT2D eigenvalue weighted by Crippen LogP contribution is -2.37. The summed E-state index contributed by atoms with van der Waals surface area (Å²) in [6.07, 6.45) is -3.35. The monoisotopic (exact) mass is 570 g/mol. The van der Waals surface area contributed by atoms with E-state index in [1.807, 2.05) is 12.1 Å². The summed E-state index contributed by atoms with van der Waals surface area (Å²) in [7, 11) is 0. The molecule has 5 rings (SSSR count). The molecule has 0 atom stereocenters. The lowest BCUT2D eigenvalue weighted by atomic mass is 9.76. The van der Waals surface area contributed by atoms with Crippen LogP contribution in [0.4, 0.5) is 26.3 Å². The molecule has 3 nitrogen and oxygen atoms in total. The van der Waals surface area contributed by atoms with E-state index >= 15 is 4.39 Å². The summed E-state index contributed by atoms with van der Waals surface area (Å²) in [6, 6.07) is 8.67. The zero-order valence-corrected chi connectivity index (χ0v) is 22.6. The summed E-state index contributed by atoms with van der Waals surface area (Å²) >= 11 is 0. The number of rotatable bonds is 6. The second kappa shape index (κ2) is 11.9. The molecular formula is C31H36F6O3. The highest BCUT2D eigenvalue weighted by Crippen LogP contribution is 2.45.